The second-order valence-corrected chi connectivity index (χ2v) is 8.30. The van der Waals surface area contributed by atoms with Crippen LogP contribution in [-0.2, 0) is 20.8 Å². The van der Waals surface area contributed by atoms with E-state index in [0.29, 0.717) is 0 Å². The predicted molar refractivity (Wildman–Crippen MR) is 105 cm³/mol. The molecule has 0 bridgehead atoms. The van der Waals surface area contributed by atoms with Crippen molar-refractivity contribution < 1.29 is 59.5 Å². The number of methoxy groups -OCH3 is 1. The molecule has 3 heterocycles. The highest BCUT2D eigenvalue weighted by Gasteiger charge is 2.53. The molecule has 4 rings (SSSR count). The van der Waals surface area contributed by atoms with Crippen LogP contribution < -0.4 is 4.74 Å². The van der Waals surface area contributed by atoms with Crippen LogP contribution in [0.25, 0.3) is 0 Å². The molecule has 7 N–H and O–H groups in total. The van der Waals surface area contributed by atoms with Crippen molar-refractivity contribution in [2.24, 2.45) is 0 Å². The summed E-state index contributed by atoms with van der Waals surface area (Å²) in [6, 6.07) is -1.09. The largest absolute Gasteiger partial charge is 0.504 e. The number of aliphatic carboxylic acids is 1. The van der Waals surface area contributed by atoms with Gasteiger partial charge in [-0.2, -0.15) is 0 Å². The molecule has 1 aromatic carbocycles. The normalized spacial score (nSPS) is 33.8. The molecule has 0 saturated carbocycles. The topological polar surface area (TPSA) is 207 Å². The number of hydrogen-bond acceptors (Lipinski definition) is 12. The molecule has 1 aromatic rings. The van der Waals surface area contributed by atoms with Crippen LogP contribution in [0.15, 0.2) is 0 Å². The molecule has 0 aliphatic carbocycles. The number of fused-ring (bicyclic) bond motifs is 3. The molecule has 33 heavy (non-hydrogen) atoms. The number of hydrogen-bond donors (Lipinski definition) is 7. The highest BCUT2D eigenvalue weighted by molar-refractivity contribution is 5.97. The first-order valence-corrected chi connectivity index (χ1v) is 10.2. The van der Waals surface area contributed by atoms with Gasteiger partial charge in [-0.05, 0) is 0 Å². The van der Waals surface area contributed by atoms with Crippen LogP contribution >= 0.6 is 0 Å². The van der Waals surface area contributed by atoms with Crippen molar-refractivity contribution in [1.82, 2.24) is 4.90 Å². The summed E-state index contributed by atoms with van der Waals surface area (Å²) in [6.07, 6.45) is -8.26. The predicted octanol–water partition coefficient (Wildman–Crippen LogP) is -2.18. The highest BCUT2D eigenvalue weighted by Crippen LogP contribution is 2.52. The lowest BCUT2D eigenvalue weighted by atomic mass is 9.84. The van der Waals surface area contributed by atoms with Crippen molar-refractivity contribution >= 4 is 11.9 Å². The average Bonchev–Trinajstić information content (AvgIpc) is 3.14. The summed E-state index contributed by atoms with van der Waals surface area (Å²) in [5.41, 5.74) is -0.650. The standard InChI is InChI=1S/C20H25NO12/c1-31-17-12(24)7(4-21-3-6(23)2-8(21)19(28)29)10-11(14(17)26)16-18(33-20(10)30)15(27)13(25)9(5-22)32-16/h6,8-9,13,15-16,18,22-27H,2-5H2,1H3,(H,28,29). The minimum absolute atomic E-state index is 0.0521. The lowest BCUT2D eigenvalue weighted by Gasteiger charge is -2.45. The van der Waals surface area contributed by atoms with E-state index < -0.39 is 78.5 Å². The Hall–Kier alpha value is -2.68. The van der Waals surface area contributed by atoms with Gasteiger partial charge in [0, 0.05) is 30.6 Å². The maximum atomic E-state index is 13.0. The van der Waals surface area contributed by atoms with E-state index in [1.54, 1.807) is 0 Å². The fourth-order valence-electron chi connectivity index (χ4n) is 4.78. The number of benzene rings is 1. The van der Waals surface area contributed by atoms with Crippen molar-refractivity contribution in [3.8, 4) is 17.2 Å². The second kappa shape index (κ2) is 8.59. The summed E-state index contributed by atoms with van der Waals surface area (Å²) >= 11 is 0. The average molecular weight is 471 g/mol. The molecule has 182 valence electrons. The summed E-state index contributed by atoms with van der Waals surface area (Å²) < 4.78 is 16.0. The van der Waals surface area contributed by atoms with E-state index >= 15 is 0 Å². The molecule has 0 spiro atoms. The SMILES string of the molecule is COc1c(O)c(CN2CC(O)CC2C(=O)O)c2c(c1O)C1OC(CO)C(O)C(O)C1OC2=O. The van der Waals surface area contributed by atoms with Gasteiger partial charge in [0.25, 0.3) is 0 Å². The van der Waals surface area contributed by atoms with E-state index in [4.69, 9.17) is 14.2 Å². The number of carbonyl (C=O) groups excluding carboxylic acids is 1. The first kappa shape index (κ1) is 23.5. The quantitative estimate of drug-likeness (QED) is 0.228. The number of aromatic hydroxyl groups is 2. The molecule has 7 atom stereocenters. The molecule has 0 aromatic heterocycles. The van der Waals surface area contributed by atoms with E-state index in [0.717, 1.165) is 7.11 Å². The smallest absolute Gasteiger partial charge is 0.339 e. The fourth-order valence-corrected chi connectivity index (χ4v) is 4.78. The van der Waals surface area contributed by atoms with Crippen LogP contribution in [0.4, 0.5) is 0 Å². The first-order chi connectivity index (χ1) is 15.6. The zero-order valence-corrected chi connectivity index (χ0v) is 17.5. The third kappa shape index (κ3) is 3.66. The second-order valence-electron chi connectivity index (χ2n) is 8.30. The highest BCUT2D eigenvalue weighted by atomic mass is 16.6. The third-order valence-corrected chi connectivity index (χ3v) is 6.37. The maximum absolute atomic E-state index is 13.0. The number of carboxylic acid groups (broad SMARTS) is 1. The van der Waals surface area contributed by atoms with Crippen LogP contribution in [0.3, 0.4) is 0 Å². The van der Waals surface area contributed by atoms with Gasteiger partial charge in [0.15, 0.2) is 17.6 Å². The lowest BCUT2D eigenvalue weighted by Crippen LogP contribution is -2.58. The summed E-state index contributed by atoms with van der Waals surface area (Å²) in [6.45, 7) is -1.05. The Labute approximate surface area is 187 Å². The number of rotatable bonds is 5. The van der Waals surface area contributed by atoms with Gasteiger partial charge in [-0.15, -0.1) is 0 Å². The zero-order chi connectivity index (χ0) is 24.2. The Kier molecular flexibility index (Phi) is 6.11. The van der Waals surface area contributed by atoms with E-state index in [1.165, 1.54) is 4.90 Å². The molecular weight excluding hydrogens is 446 g/mol. The summed E-state index contributed by atoms with van der Waals surface area (Å²) in [5.74, 6) is -3.99. The van der Waals surface area contributed by atoms with Gasteiger partial charge >= 0.3 is 11.9 Å². The molecule has 3 aliphatic heterocycles. The van der Waals surface area contributed by atoms with E-state index in [9.17, 15) is 45.3 Å². The number of esters is 1. The zero-order valence-electron chi connectivity index (χ0n) is 17.5. The molecule has 0 amide bonds. The Morgan fingerprint density at radius 3 is 2.48 bits per heavy atom. The number of carbonyl (C=O) groups is 2. The van der Waals surface area contributed by atoms with Gasteiger partial charge in [-0.3, -0.25) is 9.69 Å². The van der Waals surface area contributed by atoms with Gasteiger partial charge in [0.2, 0.25) is 5.75 Å². The minimum atomic E-state index is -1.65. The Morgan fingerprint density at radius 2 is 1.88 bits per heavy atom. The molecule has 0 radical (unpaired) electrons. The van der Waals surface area contributed by atoms with E-state index in [2.05, 4.69) is 0 Å². The van der Waals surface area contributed by atoms with Gasteiger partial charge in [-0.1, -0.05) is 0 Å². The Bertz CT molecular complexity index is 967. The number of nitrogens with zero attached hydrogens (tertiary/aromatic N) is 1. The Balaban J connectivity index is 1.86. The summed E-state index contributed by atoms with van der Waals surface area (Å²) in [4.78, 5) is 25.9. The molecule has 2 fully saturated rings. The minimum Gasteiger partial charge on any atom is -0.504 e. The molecule has 2 saturated heterocycles. The van der Waals surface area contributed by atoms with Crippen LogP contribution in [0.2, 0.25) is 0 Å². The van der Waals surface area contributed by atoms with E-state index in [-0.39, 0.29) is 36.2 Å². The van der Waals surface area contributed by atoms with Crippen LogP contribution in [0.5, 0.6) is 17.2 Å². The summed E-state index contributed by atoms with van der Waals surface area (Å²) in [7, 11) is 1.15. The molecule has 13 nitrogen and oxygen atoms in total. The molecule has 7 unspecified atom stereocenters. The Morgan fingerprint density at radius 1 is 1.18 bits per heavy atom. The monoisotopic (exact) mass is 471 g/mol. The molecule has 3 aliphatic rings. The number of aliphatic hydroxyl groups excluding tert-OH is 4. The first-order valence-electron chi connectivity index (χ1n) is 10.2. The van der Waals surface area contributed by atoms with Crippen molar-refractivity contribution in [2.75, 3.05) is 20.3 Å². The van der Waals surface area contributed by atoms with E-state index in [1.807, 2.05) is 0 Å². The maximum Gasteiger partial charge on any atom is 0.339 e. The molecular formula is C20H25NO12. The van der Waals surface area contributed by atoms with Gasteiger partial charge in [-0.25, -0.2) is 4.79 Å². The number of phenolic OH excluding ortho intramolecular Hbond substituents is 2. The number of ether oxygens (including phenoxy) is 3. The van der Waals surface area contributed by atoms with Crippen LogP contribution in [0, 0.1) is 0 Å². The fraction of sp³-hybridized carbons (Fsp3) is 0.600. The van der Waals surface area contributed by atoms with Crippen molar-refractivity contribution in [3.63, 3.8) is 0 Å². The number of β-amino-alcohol motifs (C(OH)–C–C–N with tert-alkyl or cyclic N) is 1. The lowest BCUT2D eigenvalue weighted by molar-refractivity contribution is -0.235. The van der Waals surface area contributed by atoms with Gasteiger partial charge in [0.1, 0.15) is 30.5 Å². The third-order valence-electron chi connectivity index (χ3n) is 6.37. The summed E-state index contributed by atoms with van der Waals surface area (Å²) in [5, 5.41) is 71.1. The van der Waals surface area contributed by atoms with Gasteiger partial charge in [0.05, 0.1) is 25.4 Å². The number of carboxylic acids is 1. The van der Waals surface area contributed by atoms with Crippen LogP contribution in [0.1, 0.15) is 34.0 Å². The van der Waals surface area contributed by atoms with Gasteiger partial charge < -0.3 is 50.0 Å². The van der Waals surface area contributed by atoms with Crippen molar-refractivity contribution in [3.05, 3.63) is 16.7 Å². The van der Waals surface area contributed by atoms with Crippen molar-refractivity contribution in [1.29, 1.82) is 0 Å². The number of phenols is 2. The van der Waals surface area contributed by atoms with Crippen molar-refractivity contribution in [2.45, 2.75) is 55.6 Å². The number of aliphatic hydroxyl groups is 4. The molecule has 13 heteroatoms. The number of likely N-dealkylation sites (tertiary alicyclic amines) is 1. The van der Waals surface area contributed by atoms with Crippen LogP contribution in [-0.4, -0.2) is 109 Å².